The largest absolute Gasteiger partial charge is 0.477 e. The summed E-state index contributed by atoms with van der Waals surface area (Å²) in [5.41, 5.74) is 6.30. The van der Waals surface area contributed by atoms with Crippen molar-refractivity contribution in [2.75, 3.05) is 57.7 Å². The second kappa shape index (κ2) is 12.9. The summed E-state index contributed by atoms with van der Waals surface area (Å²) in [6, 6.07) is -0.974. The van der Waals surface area contributed by atoms with Gasteiger partial charge in [0.05, 0.1) is 20.1 Å². The first-order chi connectivity index (χ1) is 21.0. The summed E-state index contributed by atoms with van der Waals surface area (Å²) in [6.45, 7) is 2.49. The van der Waals surface area contributed by atoms with Crippen LogP contribution in [0.15, 0.2) is 32.3 Å². The standard InChI is InChI=1S/C25H29N9O7S3/c1-34(6-4-5-7-34)8-12-9-42-22-17(21(37)33(22)18(12)23(38)39)29-19(35)16(32-41-3)14-11-44-25(28-14)30-20(36)15(31-40-2)13-10-43-24(26)27-13/h10-11,17,22H,4-9H2,1-3H3,(H4-,26,27,28,29,30,35,36,38,39)/p+1/b31-15-,32-16-/t17-,22-/m1/s1. The van der Waals surface area contributed by atoms with Gasteiger partial charge in [0.1, 0.15) is 49.3 Å². The van der Waals surface area contributed by atoms with Gasteiger partial charge in [-0.2, -0.15) is 0 Å². The number of nitrogen functional groups attached to an aromatic ring is 1. The Bertz CT molecular complexity index is 1580. The van der Waals surface area contributed by atoms with E-state index < -0.39 is 35.1 Å². The molecule has 0 unspecified atom stereocenters. The third-order valence-electron chi connectivity index (χ3n) is 7.28. The Labute approximate surface area is 263 Å². The van der Waals surface area contributed by atoms with Gasteiger partial charge in [-0.05, 0) is 0 Å². The Hall–Kier alpha value is -4.07. The first kappa shape index (κ1) is 31.4. The van der Waals surface area contributed by atoms with Gasteiger partial charge in [-0.25, -0.2) is 14.8 Å². The number of anilines is 2. The molecule has 2 aromatic rings. The normalized spacial score (nSPS) is 21.4. The fourth-order valence-corrected chi connectivity index (χ4v) is 7.89. The number of hydrogen-bond donors (Lipinski definition) is 4. The number of nitrogens with zero attached hydrogens (tertiary/aromatic N) is 6. The summed E-state index contributed by atoms with van der Waals surface area (Å²) < 4.78 is 0.743. The molecule has 0 aliphatic carbocycles. The van der Waals surface area contributed by atoms with Crippen LogP contribution in [0.25, 0.3) is 0 Å². The molecule has 16 nitrogen and oxygen atoms in total. The summed E-state index contributed by atoms with van der Waals surface area (Å²) in [5, 5.41) is 25.6. The van der Waals surface area contributed by atoms with Crippen LogP contribution in [0.5, 0.6) is 0 Å². The third kappa shape index (κ3) is 6.26. The molecular weight excluding hydrogens is 635 g/mol. The Morgan fingerprint density at radius 2 is 1.73 bits per heavy atom. The van der Waals surface area contributed by atoms with Crippen LogP contribution in [-0.2, 0) is 28.9 Å². The molecule has 0 radical (unpaired) electrons. The third-order valence-corrected chi connectivity index (χ3v) is 10.1. The van der Waals surface area contributed by atoms with Gasteiger partial charge in [0.2, 0.25) is 0 Å². The number of rotatable bonds is 11. The number of thioether (sulfide) groups is 1. The minimum atomic E-state index is -1.16. The van der Waals surface area contributed by atoms with E-state index in [4.69, 9.17) is 15.4 Å². The van der Waals surface area contributed by atoms with Crippen LogP contribution in [0, 0.1) is 0 Å². The molecule has 2 fully saturated rings. The number of thiazole rings is 2. The first-order valence-corrected chi connectivity index (χ1v) is 16.1. The van der Waals surface area contributed by atoms with E-state index in [1.54, 1.807) is 5.38 Å². The molecule has 3 amide bonds. The number of hydrogen-bond acceptors (Lipinski definition) is 14. The smallest absolute Gasteiger partial charge is 0.352 e. The van der Waals surface area contributed by atoms with Crippen molar-refractivity contribution in [3.63, 3.8) is 0 Å². The van der Waals surface area contributed by atoms with Crippen molar-refractivity contribution in [2.45, 2.75) is 24.3 Å². The number of carbonyl (C=O) groups excluding carboxylic acids is 3. The summed E-state index contributed by atoms with van der Waals surface area (Å²) in [4.78, 5) is 70.9. The van der Waals surface area contributed by atoms with Gasteiger partial charge in [0.25, 0.3) is 17.7 Å². The average Bonchev–Trinajstić information content (AvgIpc) is 3.74. The molecule has 5 rings (SSSR count). The average molecular weight is 665 g/mol. The zero-order chi connectivity index (χ0) is 31.6. The van der Waals surface area contributed by atoms with Crippen molar-refractivity contribution in [1.82, 2.24) is 20.2 Å². The lowest BCUT2D eigenvalue weighted by atomic mass is 10.0. The minimum absolute atomic E-state index is 0.00196. The van der Waals surface area contributed by atoms with Crippen LogP contribution in [0.3, 0.4) is 0 Å². The van der Waals surface area contributed by atoms with E-state index in [0.717, 1.165) is 58.7 Å². The lowest BCUT2D eigenvalue weighted by Gasteiger charge is -2.49. The quantitative estimate of drug-likeness (QED) is 0.112. The molecule has 3 aliphatic rings. The van der Waals surface area contributed by atoms with E-state index in [1.165, 1.54) is 36.3 Å². The molecule has 0 bridgehead atoms. The molecule has 0 aromatic carbocycles. The summed E-state index contributed by atoms with van der Waals surface area (Å²) in [7, 11) is 4.63. The monoisotopic (exact) mass is 664 g/mol. The van der Waals surface area contributed by atoms with Crippen LogP contribution >= 0.6 is 34.4 Å². The van der Waals surface area contributed by atoms with Crippen molar-refractivity contribution in [1.29, 1.82) is 0 Å². The fraction of sp³-hybridized carbons (Fsp3) is 0.440. The SMILES string of the molecule is CO/N=C(\C(=O)Nc1nc(/C(=N/OC)C(=O)N[C@@H]2C(=O)N3C(C(=O)O)=C(C[N+]4(C)CCCC4)CS[C@H]23)cs1)c1csc(N)n1. The number of nitrogens with two attached hydrogens (primary N) is 1. The predicted octanol–water partition coefficient (Wildman–Crippen LogP) is 0.501. The second-order valence-electron chi connectivity index (χ2n) is 10.4. The number of fused-ring (bicyclic) bond motifs is 1. The van der Waals surface area contributed by atoms with Gasteiger partial charge in [0, 0.05) is 34.9 Å². The zero-order valence-corrected chi connectivity index (χ0v) is 26.4. The molecule has 44 heavy (non-hydrogen) atoms. The van der Waals surface area contributed by atoms with Crippen LogP contribution in [0.2, 0.25) is 0 Å². The highest BCUT2D eigenvalue weighted by Gasteiger charge is 2.55. The van der Waals surface area contributed by atoms with E-state index in [0.29, 0.717) is 12.3 Å². The van der Waals surface area contributed by atoms with E-state index >= 15 is 0 Å². The van der Waals surface area contributed by atoms with Crippen LogP contribution in [-0.4, -0.2) is 118 Å². The molecule has 2 saturated heterocycles. The second-order valence-corrected chi connectivity index (χ2v) is 13.2. The highest BCUT2D eigenvalue weighted by molar-refractivity contribution is 8.00. The lowest BCUT2D eigenvalue weighted by Crippen LogP contribution is -2.71. The van der Waals surface area contributed by atoms with Gasteiger partial charge in [0.15, 0.2) is 21.7 Å². The number of aromatic nitrogens is 2. The topological polar surface area (TPSA) is 211 Å². The molecule has 2 atom stereocenters. The van der Waals surface area contributed by atoms with E-state index in [-0.39, 0.29) is 38.8 Å². The summed E-state index contributed by atoms with van der Waals surface area (Å²) in [5.74, 6) is -2.68. The zero-order valence-electron chi connectivity index (χ0n) is 23.9. The highest BCUT2D eigenvalue weighted by atomic mass is 32.2. The number of aliphatic carboxylic acids is 1. The number of likely N-dealkylation sites (N-methyl/N-ethyl adjacent to an activating group) is 1. The summed E-state index contributed by atoms with van der Waals surface area (Å²) >= 11 is 3.55. The molecule has 0 spiro atoms. The van der Waals surface area contributed by atoms with Crippen LogP contribution in [0.1, 0.15) is 24.2 Å². The number of oxime groups is 2. The summed E-state index contributed by atoms with van der Waals surface area (Å²) in [6.07, 6.45) is 2.17. The number of carboxylic acids is 1. The van der Waals surface area contributed by atoms with Crippen LogP contribution < -0.4 is 16.4 Å². The fourth-order valence-electron chi connectivity index (χ4n) is 5.32. The van der Waals surface area contributed by atoms with Crippen molar-refractivity contribution in [2.24, 2.45) is 10.3 Å². The number of nitrogens with one attached hydrogen (secondary N) is 2. The van der Waals surface area contributed by atoms with E-state index in [9.17, 15) is 24.3 Å². The maximum Gasteiger partial charge on any atom is 0.352 e. The maximum atomic E-state index is 13.3. The first-order valence-electron chi connectivity index (χ1n) is 13.3. The molecule has 2 aromatic heterocycles. The van der Waals surface area contributed by atoms with Gasteiger partial charge in [-0.1, -0.05) is 10.3 Å². The predicted molar refractivity (Wildman–Crippen MR) is 164 cm³/mol. The van der Waals surface area contributed by atoms with Gasteiger partial charge in [-0.15, -0.1) is 34.4 Å². The number of quaternary nitrogens is 1. The highest BCUT2D eigenvalue weighted by Crippen LogP contribution is 2.41. The van der Waals surface area contributed by atoms with E-state index in [2.05, 4.69) is 38.0 Å². The maximum absolute atomic E-state index is 13.3. The van der Waals surface area contributed by atoms with Crippen LogP contribution in [0.4, 0.5) is 10.3 Å². The molecule has 0 saturated carbocycles. The lowest BCUT2D eigenvalue weighted by molar-refractivity contribution is -0.893. The number of β-lactam (4-membered cyclic amide) rings is 1. The molecule has 5 heterocycles. The minimum Gasteiger partial charge on any atom is -0.477 e. The number of amides is 3. The molecule has 3 aliphatic heterocycles. The number of likely N-dealkylation sites (tertiary alicyclic amines) is 1. The molecule has 19 heteroatoms. The van der Waals surface area contributed by atoms with Gasteiger partial charge < -0.3 is 30.3 Å². The Morgan fingerprint density at radius 1 is 1.09 bits per heavy atom. The van der Waals surface area contributed by atoms with Gasteiger partial charge in [-0.3, -0.25) is 24.6 Å². The van der Waals surface area contributed by atoms with Crippen molar-refractivity contribution in [3.8, 4) is 0 Å². The van der Waals surface area contributed by atoms with Crippen molar-refractivity contribution < 1.29 is 38.4 Å². The Morgan fingerprint density at radius 3 is 2.34 bits per heavy atom. The number of carboxylic acid groups (broad SMARTS) is 1. The van der Waals surface area contributed by atoms with Gasteiger partial charge >= 0.3 is 5.97 Å². The van der Waals surface area contributed by atoms with Crippen molar-refractivity contribution >= 4 is 79.8 Å². The molecule has 234 valence electrons. The number of carbonyl (C=O) groups is 4. The Balaban J connectivity index is 1.28. The van der Waals surface area contributed by atoms with E-state index in [1.807, 2.05) is 0 Å². The molecular formula is C25H30N9O7S3+. The molecule has 5 N–H and O–H groups in total. The van der Waals surface area contributed by atoms with Crippen molar-refractivity contribution in [3.05, 3.63) is 33.4 Å². The Kier molecular flexibility index (Phi) is 9.18.